The zero-order valence-corrected chi connectivity index (χ0v) is 7.06. The first-order valence-corrected chi connectivity index (χ1v) is 3.56. The van der Waals surface area contributed by atoms with E-state index >= 15 is 0 Å². The van der Waals surface area contributed by atoms with Crippen molar-refractivity contribution in [3.05, 3.63) is 23.7 Å². The monoisotopic (exact) mass is 138 g/mol. The van der Waals surface area contributed by atoms with Crippen LogP contribution in [0.25, 0.3) is 0 Å². The normalized spacial score (nSPS) is 22.8. The molecule has 0 spiro atoms. The molecule has 0 aromatic carbocycles. The smallest absolute Gasteiger partial charge is 0.0973 e. The number of ether oxygens (including phenoxy) is 1. The molecule has 0 saturated carbocycles. The van der Waals surface area contributed by atoms with Gasteiger partial charge in [-0.05, 0) is 26.0 Å². The van der Waals surface area contributed by atoms with E-state index in [9.17, 15) is 0 Å². The van der Waals surface area contributed by atoms with E-state index in [-0.39, 0.29) is 5.41 Å². The Kier molecular flexibility index (Phi) is 1.59. The van der Waals surface area contributed by atoms with Crippen LogP contribution in [0, 0.1) is 5.41 Å². The van der Waals surface area contributed by atoms with Crippen molar-refractivity contribution in [3.63, 3.8) is 0 Å². The molecule has 0 unspecified atom stereocenters. The summed E-state index contributed by atoms with van der Waals surface area (Å²) in [5, 5.41) is 0. The van der Waals surface area contributed by atoms with Crippen LogP contribution in [0.5, 0.6) is 0 Å². The minimum atomic E-state index is 0.173. The van der Waals surface area contributed by atoms with E-state index in [4.69, 9.17) is 4.74 Å². The van der Waals surface area contributed by atoms with Crippen molar-refractivity contribution < 1.29 is 4.74 Å². The van der Waals surface area contributed by atoms with Crippen LogP contribution >= 0.6 is 0 Å². The number of hydrogen-bond acceptors (Lipinski definition) is 1. The molecule has 0 fully saturated rings. The lowest BCUT2D eigenvalue weighted by molar-refractivity contribution is 0.280. The third kappa shape index (κ3) is 1.63. The van der Waals surface area contributed by atoms with E-state index in [0.717, 1.165) is 11.5 Å². The van der Waals surface area contributed by atoms with Crippen molar-refractivity contribution in [3.8, 4) is 0 Å². The average molecular weight is 138 g/mol. The maximum atomic E-state index is 5.34. The Bertz CT molecular complexity index is 177. The van der Waals surface area contributed by atoms with E-state index in [2.05, 4.69) is 26.0 Å². The molecule has 1 aliphatic rings. The highest BCUT2D eigenvalue weighted by Crippen LogP contribution is 2.28. The number of allylic oxidation sites excluding steroid dienone is 4. The van der Waals surface area contributed by atoms with E-state index in [1.807, 2.05) is 13.8 Å². The number of rotatable bonds is 0. The average Bonchev–Trinajstić information content (AvgIpc) is 1.54. The fourth-order valence-electron chi connectivity index (χ4n) is 1.40. The van der Waals surface area contributed by atoms with Crippen LogP contribution in [-0.4, -0.2) is 0 Å². The summed E-state index contributed by atoms with van der Waals surface area (Å²) in [6.07, 6.45) is 4.25. The maximum Gasteiger partial charge on any atom is 0.0973 e. The van der Waals surface area contributed by atoms with Gasteiger partial charge >= 0.3 is 0 Å². The Morgan fingerprint density at radius 1 is 1.10 bits per heavy atom. The lowest BCUT2D eigenvalue weighted by Crippen LogP contribution is -2.10. The summed E-state index contributed by atoms with van der Waals surface area (Å²) >= 11 is 0. The Labute approximate surface area is 62.4 Å². The Hall–Kier alpha value is -0.720. The first kappa shape index (κ1) is 7.39. The predicted octanol–water partition coefficient (Wildman–Crippen LogP) is 2.85. The second-order valence-corrected chi connectivity index (χ2v) is 3.43. The fourth-order valence-corrected chi connectivity index (χ4v) is 1.40. The summed E-state index contributed by atoms with van der Waals surface area (Å²) in [5.41, 5.74) is 0.173. The van der Waals surface area contributed by atoms with Crippen LogP contribution in [0.15, 0.2) is 23.7 Å². The molecule has 0 bridgehead atoms. The van der Waals surface area contributed by atoms with E-state index in [0.29, 0.717) is 0 Å². The largest absolute Gasteiger partial charge is 0.467 e. The molecule has 0 aromatic heterocycles. The molecular formula is C9H14O. The van der Waals surface area contributed by atoms with Gasteiger partial charge in [0, 0.05) is 5.41 Å². The highest BCUT2D eigenvalue weighted by molar-refractivity contribution is 5.17. The molecule has 0 radical (unpaired) electrons. The molecule has 0 N–H and O–H groups in total. The minimum absolute atomic E-state index is 0.173. The Morgan fingerprint density at radius 3 is 1.80 bits per heavy atom. The molecule has 0 aromatic rings. The van der Waals surface area contributed by atoms with Crippen molar-refractivity contribution >= 4 is 0 Å². The zero-order chi connectivity index (χ0) is 7.78. The highest BCUT2D eigenvalue weighted by atomic mass is 16.5. The summed E-state index contributed by atoms with van der Waals surface area (Å²) in [4.78, 5) is 0. The molecule has 1 rings (SSSR count). The Morgan fingerprint density at radius 2 is 1.50 bits per heavy atom. The van der Waals surface area contributed by atoms with Crippen LogP contribution in [0.3, 0.4) is 0 Å². The summed E-state index contributed by atoms with van der Waals surface area (Å²) in [6.45, 7) is 8.31. The zero-order valence-electron chi connectivity index (χ0n) is 7.06. The molecule has 1 nitrogen and oxygen atoms in total. The van der Waals surface area contributed by atoms with Gasteiger partial charge in [-0.3, -0.25) is 0 Å². The first-order valence-electron chi connectivity index (χ1n) is 3.56. The number of hydrogen-bond donors (Lipinski definition) is 0. The second-order valence-electron chi connectivity index (χ2n) is 3.43. The SMILES string of the molecule is CC1=CC(C)(C)C=C(C)O1. The molecule has 1 heteroatoms. The first-order chi connectivity index (χ1) is 4.49. The molecule has 0 saturated heterocycles. The van der Waals surface area contributed by atoms with Crippen molar-refractivity contribution in [2.75, 3.05) is 0 Å². The summed E-state index contributed by atoms with van der Waals surface area (Å²) in [5.74, 6) is 2.01. The van der Waals surface area contributed by atoms with Crippen molar-refractivity contribution in [2.24, 2.45) is 5.41 Å². The van der Waals surface area contributed by atoms with Crippen LogP contribution in [0.1, 0.15) is 27.7 Å². The van der Waals surface area contributed by atoms with Gasteiger partial charge < -0.3 is 4.74 Å². The fraction of sp³-hybridized carbons (Fsp3) is 0.556. The van der Waals surface area contributed by atoms with Gasteiger partial charge in [0.2, 0.25) is 0 Å². The van der Waals surface area contributed by atoms with E-state index in [1.54, 1.807) is 0 Å². The lowest BCUT2D eigenvalue weighted by Gasteiger charge is -2.23. The van der Waals surface area contributed by atoms with Gasteiger partial charge in [0.1, 0.15) is 0 Å². The molecular weight excluding hydrogens is 124 g/mol. The molecule has 1 heterocycles. The molecule has 0 amide bonds. The van der Waals surface area contributed by atoms with Crippen LogP contribution < -0.4 is 0 Å². The van der Waals surface area contributed by atoms with Crippen molar-refractivity contribution in [2.45, 2.75) is 27.7 Å². The second kappa shape index (κ2) is 2.15. The van der Waals surface area contributed by atoms with Gasteiger partial charge in [-0.25, -0.2) is 0 Å². The quantitative estimate of drug-likeness (QED) is 0.500. The summed E-state index contributed by atoms with van der Waals surface area (Å²) < 4.78 is 5.34. The third-order valence-electron chi connectivity index (χ3n) is 1.47. The van der Waals surface area contributed by atoms with Gasteiger partial charge in [-0.15, -0.1) is 0 Å². The van der Waals surface area contributed by atoms with Gasteiger partial charge in [0.25, 0.3) is 0 Å². The third-order valence-corrected chi connectivity index (χ3v) is 1.47. The van der Waals surface area contributed by atoms with Crippen molar-refractivity contribution in [1.29, 1.82) is 0 Å². The Balaban J connectivity index is 2.88. The van der Waals surface area contributed by atoms with Gasteiger partial charge in [0.15, 0.2) is 0 Å². The van der Waals surface area contributed by atoms with Gasteiger partial charge in [-0.2, -0.15) is 0 Å². The van der Waals surface area contributed by atoms with Gasteiger partial charge in [-0.1, -0.05) is 13.8 Å². The lowest BCUT2D eigenvalue weighted by atomic mass is 9.90. The highest BCUT2D eigenvalue weighted by Gasteiger charge is 2.17. The minimum Gasteiger partial charge on any atom is -0.467 e. The molecule has 0 atom stereocenters. The summed E-state index contributed by atoms with van der Waals surface area (Å²) in [7, 11) is 0. The molecule has 56 valence electrons. The predicted molar refractivity (Wildman–Crippen MR) is 42.4 cm³/mol. The van der Waals surface area contributed by atoms with E-state index in [1.165, 1.54) is 0 Å². The van der Waals surface area contributed by atoms with Crippen LogP contribution in [-0.2, 0) is 4.74 Å². The molecule has 0 aliphatic carbocycles. The topological polar surface area (TPSA) is 9.23 Å². The van der Waals surface area contributed by atoms with E-state index < -0.39 is 0 Å². The maximum absolute atomic E-state index is 5.34. The van der Waals surface area contributed by atoms with Crippen LogP contribution in [0.2, 0.25) is 0 Å². The molecule has 1 aliphatic heterocycles. The van der Waals surface area contributed by atoms with Crippen LogP contribution in [0.4, 0.5) is 0 Å². The van der Waals surface area contributed by atoms with Gasteiger partial charge in [0.05, 0.1) is 11.5 Å². The summed E-state index contributed by atoms with van der Waals surface area (Å²) in [6, 6.07) is 0. The van der Waals surface area contributed by atoms with Crippen molar-refractivity contribution in [1.82, 2.24) is 0 Å². The standard InChI is InChI=1S/C9H14O/c1-7-5-9(3,4)6-8(2)10-7/h5-6H,1-4H3. The molecule has 10 heavy (non-hydrogen) atoms.